The highest BCUT2D eigenvalue weighted by Crippen LogP contribution is 2.08. The highest BCUT2D eigenvalue weighted by Gasteiger charge is 2.20. The van der Waals surface area contributed by atoms with Crippen LogP contribution in [0.2, 0.25) is 0 Å². The summed E-state index contributed by atoms with van der Waals surface area (Å²) >= 11 is 0. The van der Waals surface area contributed by atoms with Crippen LogP contribution in [0.15, 0.2) is 65.8 Å². The van der Waals surface area contributed by atoms with Crippen molar-refractivity contribution >= 4 is 26.6 Å². The van der Waals surface area contributed by atoms with Crippen molar-refractivity contribution in [2.75, 3.05) is 5.43 Å². The van der Waals surface area contributed by atoms with Crippen molar-refractivity contribution in [2.24, 2.45) is 5.10 Å². The molecule has 0 saturated carbocycles. The second-order valence-electron chi connectivity index (χ2n) is 4.04. The van der Waals surface area contributed by atoms with Crippen LogP contribution in [0.25, 0.3) is 0 Å². The number of Topliss-reactive ketones (excluding diaryl/α,β-unsaturated/α-hetero) is 1. The zero-order valence-corrected chi connectivity index (χ0v) is 11.6. The van der Waals surface area contributed by atoms with Crippen molar-refractivity contribution in [1.82, 2.24) is 0 Å². The molecule has 0 aliphatic rings. The highest BCUT2D eigenvalue weighted by atomic mass is 32.2. The Bertz CT molecular complexity index is 756. The lowest BCUT2D eigenvalue weighted by molar-refractivity contribution is 0.106. The predicted octanol–water partition coefficient (Wildman–Crippen LogP) is 1.84. The van der Waals surface area contributed by atoms with Crippen LogP contribution in [0, 0.1) is 0 Å². The van der Waals surface area contributed by atoms with Gasteiger partial charge in [0.05, 0.1) is 5.69 Å². The molecule has 21 heavy (non-hydrogen) atoms. The first kappa shape index (κ1) is 14.9. The van der Waals surface area contributed by atoms with Gasteiger partial charge in [-0.15, -0.1) is 0 Å². The van der Waals surface area contributed by atoms with Crippen LogP contribution < -0.4 is 5.43 Å². The first-order chi connectivity index (χ1) is 9.98. The molecule has 0 unspecified atom stereocenters. The van der Waals surface area contributed by atoms with Crippen molar-refractivity contribution in [3.63, 3.8) is 0 Å². The summed E-state index contributed by atoms with van der Waals surface area (Å²) in [6.07, 6.45) is 0. The van der Waals surface area contributed by atoms with E-state index in [1.807, 2.05) is 0 Å². The van der Waals surface area contributed by atoms with Crippen molar-refractivity contribution in [3.8, 4) is 0 Å². The van der Waals surface area contributed by atoms with Gasteiger partial charge in [0, 0.05) is 5.56 Å². The Labute approximate surface area is 121 Å². The maximum absolute atomic E-state index is 12.1. The predicted molar refractivity (Wildman–Crippen MR) is 78.0 cm³/mol. The van der Waals surface area contributed by atoms with E-state index in [2.05, 4.69) is 10.5 Å². The van der Waals surface area contributed by atoms with Gasteiger partial charge in [0.25, 0.3) is 0 Å². The largest absolute Gasteiger partial charge is 0.743 e. The summed E-state index contributed by atoms with van der Waals surface area (Å²) in [5.41, 5.74) is 2.92. The van der Waals surface area contributed by atoms with Crippen LogP contribution in [-0.2, 0) is 10.1 Å². The summed E-state index contributed by atoms with van der Waals surface area (Å²) in [7, 11) is -4.99. The third kappa shape index (κ3) is 3.98. The van der Waals surface area contributed by atoms with E-state index in [0.717, 1.165) is 0 Å². The molecule has 0 spiro atoms. The molecule has 0 heterocycles. The van der Waals surface area contributed by atoms with Gasteiger partial charge >= 0.3 is 0 Å². The third-order valence-electron chi connectivity index (χ3n) is 2.53. The molecule has 0 atom stereocenters. The van der Waals surface area contributed by atoms with E-state index in [-0.39, 0.29) is 5.56 Å². The van der Waals surface area contributed by atoms with Crippen LogP contribution in [-0.4, -0.2) is 23.8 Å². The van der Waals surface area contributed by atoms with E-state index in [1.54, 1.807) is 48.5 Å². The van der Waals surface area contributed by atoms with Gasteiger partial charge in [-0.25, -0.2) is 8.42 Å². The number of rotatable bonds is 4. The Morgan fingerprint density at radius 2 is 1.48 bits per heavy atom. The van der Waals surface area contributed by atoms with Gasteiger partial charge in [-0.3, -0.25) is 10.2 Å². The molecule has 0 aliphatic heterocycles. The molecule has 0 radical (unpaired) electrons. The van der Waals surface area contributed by atoms with E-state index >= 15 is 0 Å². The first-order valence-electron chi connectivity index (χ1n) is 5.93. The van der Waals surface area contributed by atoms with Crippen molar-refractivity contribution < 1.29 is 17.8 Å². The van der Waals surface area contributed by atoms with E-state index in [1.165, 1.54) is 12.1 Å². The molecular formula is C14H11N2O4S-. The fourth-order valence-corrected chi connectivity index (χ4v) is 2.06. The summed E-state index contributed by atoms with van der Waals surface area (Å²) in [4.78, 5) is 12.1. The quantitative estimate of drug-likeness (QED) is 0.305. The number of nitrogens with one attached hydrogen (secondary N) is 1. The Kier molecular flexibility index (Phi) is 4.46. The number of hydrogen-bond acceptors (Lipinski definition) is 6. The Morgan fingerprint density at radius 3 is 2.00 bits per heavy atom. The van der Waals surface area contributed by atoms with Gasteiger partial charge in [0.1, 0.15) is 10.1 Å². The lowest BCUT2D eigenvalue weighted by Gasteiger charge is -2.10. The standard InChI is InChI=1S/C14H12N2O4S/c17-13(11-7-3-1-4-8-11)14(21(18,19)20)16-15-12-9-5-2-6-10-12/h1-10,15H,(H,18,19,20)/p-1. The first-order valence-corrected chi connectivity index (χ1v) is 7.34. The molecule has 0 aliphatic carbocycles. The Balaban J connectivity index is 2.34. The number of hydrogen-bond donors (Lipinski definition) is 1. The smallest absolute Gasteiger partial charge is 0.223 e. The summed E-state index contributed by atoms with van der Waals surface area (Å²) in [6.45, 7) is 0. The SMILES string of the molecule is O=C(C(=NNc1ccccc1)S(=O)(=O)[O-])c1ccccc1. The molecular weight excluding hydrogens is 292 g/mol. The number of benzene rings is 2. The van der Waals surface area contributed by atoms with Crippen LogP contribution in [0.3, 0.4) is 0 Å². The van der Waals surface area contributed by atoms with Crippen molar-refractivity contribution in [3.05, 3.63) is 66.2 Å². The molecule has 0 amide bonds. The zero-order chi connectivity index (χ0) is 15.3. The minimum atomic E-state index is -4.99. The number of carbonyl (C=O) groups is 1. The second-order valence-corrected chi connectivity index (χ2v) is 5.34. The minimum absolute atomic E-state index is 0.0746. The molecule has 1 N–H and O–H groups in total. The zero-order valence-electron chi connectivity index (χ0n) is 10.8. The van der Waals surface area contributed by atoms with Gasteiger partial charge in [-0.2, -0.15) is 5.10 Å². The molecule has 0 bridgehead atoms. The normalized spacial score (nSPS) is 12.0. The number of hydrazone groups is 1. The summed E-state index contributed by atoms with van der Waals surface area (Å²) in [5, 5.41) is 2.39. The lowest BCUT2D eigenvalue weighted by atomic mass is 10.1. The van der Waals surface area contributed by atoms with Gasteiger partial charge in [0.2, 0.25) is 10.8 Å². The monoisotopic (exact) mass is 303 g/mol. The summed E-state index contributed by atoms with van der Waals surface area (Å²) in [5.74, 6) is -0.950. The average Bonchev–Trinajstić information content (AvgIpc) is 2.48. The molecule has 108 valence electrons. The molecule has 0 fully saturated rings. The topological polar surface area (TPSA) is 98.7 Å². The third-order valence-corrected chi connectivity index (χ3v) is 3.28. The van der Waals surface area contributed by atoms with E-state index in [9.17, 15) is 17.8 Å². The Morgan fingerprint density at radius 1 is 0.952 bits per heavy atom. The fourth-order valence-electron chi connectivity index (χ4n) is 1.56. The van der Waals surface area contributed by atoms with E-state index in [4.69, 9.17) is 0 Å². The average molecular weight is 303 g/mol. The molecule has 7 heteroatoms. The molecule has 0 saturated heterocycles. The van der Waals surface area contributed by atoms with Crippen LogP contribution in [0.5, 0.6) is 0 Å². The summed E-state index contributed by atoms with van der Waals surface area (Å²) < 4.78 is 33.7. The number of nitrogens with zero attached hydrogens (tertiary/aromatic N) is 1. The summed E-state index contributed by atoms with van der Waals surface area (Å²) in [6, 6.07) is 16.0. The van der Waals surface area contributed by atoms with Crippen LogP contribution in [0.4, 0.5) is 5.69 Å². The molecule has 2 rings (SSSR count). The Hall–Kier alpha value is -2.51. The van der Waals surface area contributed by atoms with Crippen LogP contribution in [0.1, 0.15) is 10.4 Å². The van der Waals surface area contributed by atoms with Crippen LogP contribution >= 0.6 is 0 Å². The van der Waals surface area contributed by atoms with E-state index in [0.29, 0.717) is 5.69 Å². The van der Waals surface area contributed by atoms with Gasteiger partial charge in [-0.05, 0) is 12.1 Å². The molecule has 2 aromatic carbocycles. The second kappa shape index (κ2) is 6.29. The maximum atomic E-state index is 12.1. The number of ketones is 1. The van der Waals surface area contributed by atoms with Crippen molar-refractivity contribution in [2.45, 2.75) is 0 Å². The fraction of sp³-hybridized carbons (Fsp3) is 0. The van der Waals surface area contributed by atoms with Gasteiger partial charge < -0.3 is 4.55 Å². The minimum Gasteiger partial charge on any atom is -0.743 e. The number of carbonyl (C=O) groups excluding carboxylic acids is 1. The molecule has 0 aromatic heterocycles. The highest BCUT2D eigenvalue weighted by molar-refractivity contribution is 8.03. The van der Waals surface area contributed by atoms with Gasteiger partial charge in [0.15, 0.2) is 0 Å². The van der Waals surface area contributed by atoms with Crippen molar-refractivity contribution in [1.29, 1.82) is 0 Å². The van der Waals surface area contributed by atoms with E-state index < -0.39 is 20.9 Å². The maximum Gasteiger partial charge on any atom is 0.223 e. The molecule has 2 aromatic rings. The number of anilines is 1. The lowest BCUT2D eigenvalue weighted by Crippen LogP contribution is -2.25. The molecule has 6 nitrogen and oxygen atoms in total. The number of para-hydroxylation sites is 1. The van der Waals surface area contributed by atoms with Gasteiger partial charge in [-0.1, -0.05) is 48.5 Å².